The van der Waals surface area contributed by atoms with Gasteiger partial charge in [0, 0.05) is 19.1 Å². The van der Waals surface area contributed by atoms with E-state index in [0.717, 1.165) is 25.8 Å². The van der Waals surface area contributed by atoms with Crippen LogP contribution >= 0.6 is 0 Å². The lowest BCUT2D eigenvalue weighted by Crippen LogP contribution is -2.35. The summed E-state index contributed by atoms with van der Waals surface area (Å²) in [5, 5.41) is 3.28. The van der Waals surface area contributed by atoms with Crippen LogP contribution in [0.2, 0.25) is 0 Å². The SMILES string of the molecule is CC(C)NCCCS(=O)(=O)N1CCCC(C(C)(C)C)CC1. The molecule has 5 heteroatoms. The number of hydrogen-bond acceptors (Lipinski definition) is 3. The highest BCUT2D eigenvalue weighted by atomic mass is 32.2. The highest BCUT2D eigenvalue weighted by Gasteiger charge is 2.30. The highest BCUT2D eigenvalue weighted by molar-refractivity contribution is 7.89. The third kappa shape index (κ3) is 6.66. The van der Waals surface area contributed by atoms with Crippen LogP contribution in [0, 0.1) is 11.3 Å². The normalized spacial score (nSPS) is 22.5. The summed E-state index contributed by atoms with van der Waals surface area (Å²) in [5.74, 6) is 0.896. The fraction of sp³-hybridized carbons (Fsp3) is 1.00. The van der Waals surface area contributed by atoms with Crippen LogP contribution in [0.5, 0.6) is 0 Å². The topological polar surface area (TPSA) is 49.4 Å². The number of hydrogen-bond donors (Lipinski definition) is 1. The predicted molar refractivity (Wildman–Crippen MR) is 89.9 cm³/mol. The zero-order valence-corrected chi connectivity index (χ0v) is 15.3. The van der Waals surface area contributed by atoms with Gasteiger partial charge in [-0.05, 0) is 43.6 Å². The van der Waals surface area contributed by atoms with Crippen molar-refractivity contribution in [1.29, 1.82) is 0 Å². The van der Waals surface area contributed by atoms with Crippen molar-refractivity contribution in [3.8, 4) is 0 Å². The second kappa shape index (κ2) is 7.93. The maximum Gasteiger partial charge on any atom is 0.214 e. The maximum atomic E-state index is 12.4. The average molecular weight is 319 g/mol. The fourth-order valence-corrected chi connectivity index (χ4v) is 4.55. The zero-order chi connectivity index (χ0) is 16.1. The van der Waals surface area contributed by atoms with E-state index in [4.69, 9.17) is 0 Å². The maximum absolute atomic E-state index is 12.4. The smallest absolute Gasteiger partial charge is 0.214 e. The zero-order valence-electron chi connectivity index (χ0n) is 14.5. The van der Waals surface area contributed by atoms with Crippen molar-refractivity contribution in [1.82, 2.24) is 9.62 Å². The first-order chi connectivity index (χ1) is 9.63. The van der Waals surface area contributed by atoms with Gasteiger partial charge in [-0.15, -0.1) is 0 Å². The number of rotatable bonds is 6. The minimum atomic E-state index is -3.08. The van der Waals surface area contributed by atoms with Gasteiger partial charge < -0.3 is 5.32 Å². The number of sulfonamides is 1. The van der Waals surface area contributed by atoms with E-state index in [1.54, 1.807) is 4.31 Å². The van der Waals surface area contributed by atoms with Gasteiger partial charge in [0.2, 0.25) is 10.0 Å². The van der Waals surface area contributed by atoms with Gasteiger partial charge in [-0.2, -0.15) is 0 Å². The average Bonchev–Trinajstić information content (AvgIpc) is 2.60. The Morgan fingerprint density at radius 2 is 1.86 bits per heavy atom. The Kier molecular flexibility index (Phi) is 7.14. The Labute approximate surface area is 131 Å². The van der Waals surface area contributed by atoms with Crippen molar-refractivity contribution in [3.05, 3.63) is 0 Å². The molecule has 1 fully saturated rings. The lowest BCUT2D eigenvalue weighted by molar-refractivity contribution is 0.217. The molecular formula is C16H34N2O2S. The quantitative estimate of drug-likeness (QED) is 0.766. The van der Waals surface area contributed by atoms with E-state index in [-0.39, 0.29) is 11.2 Å². The third-order valence-electron chi connectivity index (χ3n) is 4.44. The molecule has 1 N–H and O–H groups in total. The van der Waals surface area contributed by atoms with Gasteiger partial charge in [0.1, 0.15) is 0 Å². The predicted octanol–water partition coefficient (Wildman–Crippen LogP) is 2.85. The van der Waals surface area contributed by atoms with Gasteiger partial charge in [-0.1, -0.05) is 34.6 Å². The first kappa shape index (κ1) is 18.9. The Morgan fingerprint density at radius 1 is 1.19 bits per heavy atom. The minimum Gasteiger partial charge on any atom is -0.314 e. The Morgan fingerprint density at radius 3 is 2.43 bits per heavy atom. The molecular weight excluding hydrogens is 284 g/mol. The van der Waals surface area contributed by atoms with Gasteiger partial charge in [-0.25, -0.2) is 12.7 Å². The van der Waals surface area contributed by atoms with Crippen molar-refractivity contribution < 1.29 is 8.42 Å². The molecule has 0 saturated carbocycles. The van der Waals surface area contributed by atoms with E-state index < -0.39 is 10.0 Å². The molecule has 126 valence electrons. The van der Waals surface area contributed by atoms with Crippen LogP contribution in [0.15, 0.2) is 0 Å². The first-order valence-corrected chi connectivity index (χ1v) is 9.95. The van der Waals surface area contributed by atoms with Crippen LogP contribution in [0.1, 0.15) is 60.3 Å². The lowest BCUT2D eigenvalue weighted by atomic mass is 9.77. The molecule has 1 heterocycles. The van der Waals surface area contributed by atoms with Crippen LogP contribution in [0.4, 0.5) is 0 Å². The molecule has 21 heavy (non-hydrogen) atoms. The summed E-state index contributed by atoms with van der Waals surface area (Å²) < 4.78 is 26.6. The van der Waals surface area contributed by atoms with E-state index in [2.05, 4.69) is 39.9 Å². The summed E-state index contributed by atoms with van der Waals surface area (Å²) in [6, 6.07) is 0.415. The monoisotopic (exact) mass is 318 g/mol. The molecule has 1 rings (SSSR count). The highest BCUT2D eigenvalue weighted by Crippen LogP contribution is 2.34. The molecule has 0 amide bonds. The number of nitrogens with one attached hydrogen (secondary N) is 1. The van der Waals surface area contributed by atoms with Gasteiger partial charge in [0.05, 0.1) is 5.75 Å². The summed E-state index contributed by atoms with van der Waals surface area (Å²) in [7, 11) is -3.08. The third-order valence-corrected chi connectivity index (χ3v) is 6.39. The molecule has 0 aliphatic carbocycles. The van der Waals surface area contributed by atoms with Crippen molar-refractivity contribution in [2.24, 2.45) is 11.3 Å². The van der Waals surface area contributed by atoms with Crippen LogP contribution in [-0.2, 0) is 10.0 Å². The molecule has 1 atom stereocenters. The standard InChI is InChI=1S/C16H34N2O2S/c1-14(2)17-10-7-13-21(19,20)18-11-6-8-15(9-12-18)16(3,4)5/h14-15,17H,6-13H2,1-5H3. The van der Waals surface area contributed by atoms with Crippen LogP contribution in [0.3, 0.4) is 0 Å². The lowest BCUT2D eigenvalue weighted by Gasteiger charge is -2.29. The minimum absolute atomic E-state index is 0.271. The molecule has 0 aromatic carbocycles. The summed E-state index contributed by atoms with van der Waals surface area (Å²) >= 11 is 0. The first-order valence-electron chi connectivity index (χ1n) is 8.34. The molecule has 0 radical (unpaired) electrons. The molecule has 0 aromatic rings. The molecule has 0 aromatic heterocycles. The van der Waals surface area contributed by atoms with E-state index in [9.17, 15) is 8.42 Å². The number of nitrogens with zero attached hydrogens (tertiary/aromatic N) is 1. The summed E-state index contributed by atoms with van der Waals surface area (Å²) in [5.41, 5.74) is 0.279. The molecule has 1 unspecified atom stereocenters. The van der Waals surface area contributed by atoms with Crippen molar-refractivity contribution >= 4 is 10.0 Å². The Balaban J connectivity index is 2.48. The Hall–Kier alpha value is -0.130. The van der Waals surface area contributed by atoms with Crippen LogP contribution in [0.25, 0.3) is 0 Å². The molecule has 1 saturated heterocycles. The van der Waals surface area contributed by atoms with Gasteiger partial charge in [0.25, 0.3) is 0 Å². The molecule has 0 spiro atoms. The second-order valence-corrected chi connectivity index (χ2v) is 9.76. The molecule has 1 aliphatic rings. The van der Waals surface area contributed by atoms with Crippen LogP contribution < -0.4 is 5.32 Å². The summed E-state index contributed by atoms with van der Waals surface area (Å²) in [4.78, 5) is 0. The van der Waals surface area contributed by atoms with E-state index in [1.807, 2.05) is 0 Å². The van der Waals surface area contributed by atoms with E-state index in [1.165, 1.54) is 0 Å². The van der Waals surface area contributed by atoms with E-state index in [0.29, 0.717) is 31.5 Å². The molecule has 4 nitrogen and oxygen atoms in total. The summed E-state index contributed by atoms with van der Waals surface area (Å²) in [6.45, 7) is 13.1. The van der Waals surface area contributed by atoms with Crippen molar-refractivity contribution in [2.75, 3.05) is 25.4 Å². The Bertz CT molecular complexity index is 399. The van der Waals surface area contributed by atoms with E-state index >= 15 is 0 Å². The largest absolute Gasteiger partial charge is 0.314 e. The van der Waals surface area contributed by atoms with Gasteiger partial charge >= 0.3 is 0 Å². The van der Waals surface area contributed by atoms with Crippen LogP contribution in [-0.4, -0.2) is 44.2 Å². The van der Waals surface area contributed by atoms with Gasteiger partial charge in [-0.3, -0.25) is 0 Å². The van der Waals surface area contributed by atoms with Crippen molar-refractivity contribution in [3.63, 3.8) is 0 Å². The molecule has 0 bridgehead atoms. The summed E-state index contributed by atoms with van der Waals surface area (Å²) in [6.07, 6.45) is 3.82. The van der Waals surface area contributed by atoms with Crippen molar-refractivity contribution in [2.45, 2.75) is 66.3 Å². The fourth-order valence-electron chi connectivity index (χ4n) is 2.99. The molecule has 1 aliphatic heterocycles. The van der Waals surface area contributed by atoms with Gasteiger partial charge in [0.15, 0.2) is 0 Å². The second-order valence-electron chi connectivity index (χ2n) is 7.67.